The van der Waals surface area contributed by atoms with Gasteiger partial charge in [-0.3, -0.25) is 24.0 Å². The Morgan fingerprint density at radius 3 is 1.45 bits per heavy atom. The third kappa shape index (κ3) is 32.9. The minimum atomic E-state index is -1.18. The van der Waals surface area contributed by atoms with Crippen LogP contribution in [0.2, 0.25) is 0 Å². The van der Waals surface area contributed by atoms with Gasteiger partial charge >= 0.3 is 11.9 Å². The summed E-state index contributed by atoms with van der Waals surface area (Å²) in [6.07, 6.45) is 20.0. The van der Waals surface area contributed by atoms with E-state index in [2.05, 4.69) is 21.3 Å². The van der Waals surface area contributed by atoms with Crippen LogP contribution < -0.4 is 21.3 Å². The number of amides is 4. The molecule has 16 heteroatoms. The van der Waals surface area contributed by atoms with Gasteiger partial charge in [-0.1, -0.05) is 89.9 Å². The highest BCUT2D eigenvalue weighted by atomic mass is 16.5. The number of nitrogens with one attached hydrogen (secondary N) is 4. The van der Waals surface area contributed by atoms with Crippen LogP contribution in [-0.2, 0) is 47.7 Å². The normalized spacial score (nSPS) is 13.3. The molecule has 0 aromatic carbocycles. The quantitative estimate of drug-likeness (QED) is 0.0485. The Hall–Kier alpha value is -3.34. The third-order valence-corrected chi connectivity index (χ3v) is 9.41. The lowest BCUT2D eigenvalue weighted by atomic mass is 10.0. The first-order valence-corrected chi connectivity index (χ1v) is 21.0. The van der Waals surface area contributed by atoms with E-state index in [1.54, 1.807) is 0 Å². The number of carbonyl (C=O) groups is 6. The fourth-order valence-electron chi connectivity index (χ4n) is 6.26. The molecular formula is C40H72N4O12. The summed E-state index contributed by atoms with van der Waals surface area (Å²) in [6.45, 7) is 1.94. The highest BCUT2D eigenvalue weighted by Gasteiger charge is 2.21. The molecule has 1 fully saturated rings. The number of rotatable bonds is 39. The molecule has 0 radical (unpaired) electrons. The summed E-state index contributed by atoms with van der Waals surface area (Å²) in [5, 5.41) is 29.0. The smallest absolute Gasteiger partial charge is 0.326 e. The molecule has 0 saturated heterocycles. The molecule has 1 aliphatic rings. The van der Waals surface area contributed by atoms with Gasteiger partial charge in [-0.15, -0.1) is 0 Å². The zero-order chi connectivity index (χ0) is 40.9. The van der Waals surface area contributed by atoms with E-state index in [0.717, 1.165) is 64.2 Å². The van der Waals surface area contributed by atoms with Crippen LogP contribution in [0.5, 0.6) is 0 Å². The number of carboxylic acids is 2. The van der Waals surface area contributed by atoms with Crippen LogP contribution in [-0.4, -0.2) is 124 Å². The van der Waals surface area contributed by atoms with Crippen molar-refractivity contribution in [2.24, 2.45) is 0 Å². The lowest BCUT2D eigenvalue weighted by Gasteiger charge is -2.14. The van der Waals surface area contributed by atoms with Crippen LogP contribution in [0.3, 0.4) is 0 Å². The summed E-state index contributed by atoms with van der Waals surface area (Å²) in [4.78, 5) is 70.3. The van der Waals surface area contributed by atoms with Crippen molar-refractivity contribution in [2.75, 3.05) is 65.9 Å². The number of ether oxygens (including phenoxy) is 4. The Labute approximate surface area is 333 Å². The van der Waals surface area contributed by atoms with Crippen molar-refractivity contribution in [1.29, 1.82) is 0 Å². The topological polar surface area (TPSA) is 228 Å². The van der Waals surface area contributed by atoms with E-state index in [0.29, 0.717) is 26.2 Å². The minimum absolute atomic E-state index is 0.0110. The fourth-order valence-corrected chi connectivity index (χ4v) is 6.26. The molecule has 0 spiro atoms. The van der Waals surface area contributed by atoms with Gasteiger partial charge in [0.2, 0.25) is 23.6 Å². The second-order valence-corrected chi connectivity index (χ2v) is 14.4. The average Bonchev–Trinajstić information content (AvgIpc) is 3.67. The second kappa shape index (κ2) is 36.0. The van der Waals surface area contributed by atoms with Crippen molar-refractivity contribution in [3.8, 4) is 0 Å². The summed E-state index contributed by atoms with van der Waals surface area (Å²) in [6, 6.07) is -0.860. The van der Waals surface area contributed by atoms with Gasteiger partial charge in [-0.05, 0) is 32.1 Å². The first-order valence-electron chi connectivity index (χ1n) is 21.0. The fraction of sp³-hybridized carbons (Fsp3) is 0.850. The van der Waals surface area contributed by atoms with Crippen molar-refractivity contribution in [3.05, 3.63) is 0 Å². The molecule has 1 atom stereocenters. The molecule has 1 saturated carbocycles. The standard InChI is InChI=1S/C40H72N4O12/c45-35(41-23-25-53-27-29-55-31-37(47)42-24-26-54-28-30-56-32-38(48)43-33-17-15-16-18-33)22-21-34(40(51)52)44-36(46)19-13-11-9-7-5-3-1-2-4-6-8-10-12-14-20-39(49)50/h33-34H,1-32H2,(H,41,45)(H,42,47)(H,43,48)(H,44,46)(H,49,50)(H,51,52)/t34-/m0/s1. The molecule has 6 N–H and O–H groups in total. The number of hydrogen-bond donors (Lipinski definition) is 6. The first kappa shape index (κ1) is 50.7. The van der Waals surface area contributed by atoms with Crippen molar-refractivity contribution >= 4 is 35.6 Å². The summed E-state index contributed by atoms with van der Waals surface area (Å²) in [5.41, 5.74) is 0. The molecule has 0 bridgehead atoms. The Balaban J connectivity index is 1.89. The lowest BCUT2D eigenvalue weighted by Crippen LogP contribution is -2.41. The highest BCUT2D eigenvalue weighted by molar-refractivity contribution is 5.84. The number of carbonyl (C=O) groups excluding carboxylic acids is 4. The van der Waals surface area contributed by atoms with Crippen LogP contribution in [0.4, 0.5) is 0 Å². The summed E-state index contributed by atoms with van der Waals surface area (Å²) >= 11 is 0. The van der Waals surface area contributed by atoms with Gasteiger partial charge in [0.15, 0.2) is 0 Å². The predicted octanol–water partition coefficient (Wildman–Crippen LogP) is 4.02. The summed E-state index contributed by atoms with van der Waals surface area (Å²) in [7, 11) is 0. The average molecular weight is 801 g/mol. The number of unbranched alkanes of at least 4 members (excludes halogenated alkanes) is 13. The van der Waals surface area contributed by atoms with Crippen LogP contribution in [0.25, 0.3) is 0 Å². The number of aliphatic carboxylic acids is 2. The van der Waals surface area contributed by atoms with Gasteiger partial charge < -0.3 is 50.4 Å². The van der Waals surface area contributed by atoms with Crippen molar-refractivity contribution < 1.29 is 57.9 Å². The Kier molecular flexibility index (Phi) is 32.6. The molecule has 0 heterocycles. The molecule has 0 unspecified atom stereocenters. The van der Waals surface area contributed by atoms with Gasteiger partial charge in [-0.2, -0.15) is 0 Å². The van der Waals surface area contributed by atoms with Gasteiger partial charge in [-0.25, -0.2) is 4.79 Å². The first-order chi connectivity index (χ1) is 27.2. The largest absolute Gasteiger partial charge is 0.481 e. The maximum atomic E-state index is 12.3. The van der Waals surface area contributed by atoms with Crippen molar-refractivity contribution in [3.63, 3.8) is 0 Å². The Morgan fingerprint density at radius 2 is 0.946 bits per heavy atom. The van der Waals surface area contributed by atoms with E-state index in [9.17, 15) is 33.9 Å². The molecule has 4 amide bonds. The molecule has 16 nitrogen and oxygen atoms in total. The van der Waals surface area contributed by atoms with Gasteiger partial charge in [0, 0.05) is 38.4 Å². The van der Waals surface area contributed by atoms with Crippen LogP contribution >= 0.6 is 0 Å². The zero-order valence-corrected chi connectivity index (χ0v) is 33.8. The van der Waals surface area contributed by atoms with Crippen molar-refractivity contribution in [2.45, 2.75) is 153 Å². The van der Waals surface area contributed by atoms with E-state index in [4.69, 9.17) is 24.1 Å². The van der Waals surface area contributed by atoms with E-state index in [1.165, 1.54) is 44.9 Å². The Bertz CT molecular complexity index is 1070. The minimum Gasteiger partial charge on any atom is -0.481 e. The number of carboxylic acid groups (broad SMARTS) is 2. The van der Waals surface area contributed by atoms with E-state index in [1.807, 2.05) is 0 Å². The molecule has 324 valence electrons. The third-order valence-electron chi connectivity index (χ3n) is 9.41. The van der Waals surface area contributed by atoms with Crippen LogP contribution in [0.15, 0.2) is 0 Å². The number of hydrogen-bond acceptors (Lipinski definition) is 10. The predicted molar refractivity (Wildman–Crippen MR) is 210 cm³/mol. The molecule has 0 aromatic heterocycles. The SMILES string of the molecule is O=C(O)CCCCCCCCCCCCCCCCC(=O)N[C@@H](CCC(=O)NCCOCCOCC(=O)NCCOCCOCC(=O)NC1CCCC1)C(=O)O. The van der Waals surface area contributed by atoms with Gasteiger partial charge in [0.1, 0.15) is 19.3 Å². The second-order valence-electron chi connectivity index (χ2n) is 14.4. The highest BCUT2D eigenvalue weighted by Crippen LogP contribution is 2.17. The van der Waals surface area contributed by atoms with Gasteiger partial charge in [0.05, 0.1) is 39.6 Å². The zero-order valence-electron chi connectivity index (χ0n) is 33.8. The lowest BCUT2D eigenvalue weighted by molar-refractivity contribution is -0.142. The molecular weight excluding hydrogens is 728 g/mol. The molecule has 56 heavy (non-hydrogen) atoms. The molecule has 0 aromatic rings. The van der Waals surface area contributed by atoms with Crippen molar-refractivity contribution in [1.82, 2.24) is 21.3 Å². The molecule has 0 aliphatic heterocycles. The van der Waals surface area contributed by atoms with E-state index < -0.39 is 18.0 Å². The molecule has 1 rings (SSSR count). The van der Waals surface area contributed by atoms with E-state index >= 15 is 0 Å². The molecule has 1 aliphatic carbocycles. The summed E-state index contributed by atoms with van der Waals surface area (Å²) in [5.74, 6) is -2.96. The maximum Gasteiger partial charge on any atom is 0.326 e. The summed E-state index contributed by atoms with van der Waals surface area (Å²) < 4.78 is 21.4. The van der Waals surface area contributed by atoms with E-state index in [-0.39, 0.29) is 102 Å². The monoisotopic (exact) mass is 801 g/mol. The van der Waals surface area contributed by atoms with Gasteiger partial charge in [0.25, 0.3) is 0 Å². The maximum absolute atomic E-state index is 12.3. The van der Waals surface area contributed by atoms with Crippen LogP contribution in [0, 0.1) is 0 Å². The van der Waals surface area contributed by atoms with Crippen LogP contribution in [0.1, 0.15) is 141 Å². The Morgan fingerprint density at radius 1 is 0.500 bits per heavy atom.